The van der Waals surface area contributed by atoms with E-state index in [2.05, 4.69) is 47.5 Å². The zero-order valence-corrected chi connectivity index (χ0v) is 17.0. The molecule has 1 aliphatic rings. The molecule has 0 spiro atoms. The maximum Gasteiger partial charge on any atom is 0.251 e. The molecule has 150 valence electrons. The van der Waals surface area contributed by atoms with Crippen molar-refractivity contribution in [3.8, 4) is 11.5 Å². The standard InChI is InChI=1S/C23H30N2O3/c1-17(15-18-7-5-4-6-8-18)25-13-11-20(12-14-25)24-23(26)19-9-10-21(27-2)22(16-19)28-3/h4-10,16-17,20H,11-15H2,1-3H3,(H,24,26). The maximum atomic E-state index is 12.6. The number of carbonyl (C=O) groups excluding carboxylic acids is 1. The number of methoxy groups -OCH3 is 2. The van der Waals surface area contributed by atoms with Crippen molar-refractivity contribution in [1.29, 1.82) is 0 Å². The van der Waals surface area contributed by atoms with Crippen LogP contribution in [-0.2, 0) is 6.42 Å². The summed E-state index contributed by atoms with van der Waals surface area (Å²) in [6, 6.07) is 16.6. The van der Waals surface area contributed by atoms with Crippen LogP contribution < -0.4 is 14.8 Å². The van der Waals surface area contributed by atoms with Gasteiger partial charge in [-0.15, -0.1) is 0 Å². The van der Waals surface area contributed by atoms with Gasteiger partial charge in [0.05, 0.1) is 14.2 Å². The summed E-state index contributed by atoms with van der Waals surface area (Å²) in [7, 11) is 3.16. The summed E-state index contributed by atoms with van der Waals surface area (Å²) < 4.78 is 10.5. The van der Waals surface area contributed by atoms with Crippen LogP contribution in [0.25, 0.3) is 0 Å². The second kappa shape index (κ2) is 9.60. The first-order chi connectivity index (χ1) is 13.6. The number of nitrogens with one attached hydrogen (secondary N) is 1. The molecule has 1 fully saturated rings. The van der Waals surface area contributed by atoms with Crippen molar-refractivity contribution in [1.82, 2.24) is 10.2 Å². The van der Waals surface area contributed by atoms with Crippen molar-refractivity contribution >= 4 is 5.91 Å². The van der Waals surface area contributed by atoms with Crippen LogP contribution in [0.4, 0.5) is 0 Å². The third-order valence-electron chi connectivity index (χ3n) is 5.51. The molecule has 0 aliphatic carbocycles. The predicted octanol–water partition coefficient (Wildman–Crippen LogP) is 3.53. The van der Waals surface area contributed by atoms with Crippen molar-refractivity contribution < 1.29 is 14.3 Å². The largest absolute Gasteiger partial charge is 0.493 e. The first-order valence-corrected chi connectivity index (χ1v) is 9.91. The molecule has 2 aromatic rings. The van der Waals surface area contributed by atoms with Crippen molar-refractivity contribution in [3.05, 3.63) is 59.7 Å². The van der Waals surface area contributed by atoms with E-state index in [1.54, 1.807) is 32.4 Å². The number of benzene rings is 2. The lowest BCUT2D eigenvalue weighted by atomic mass is 10.00. The van der Waals surface area contributed by atoms with Gasteiger partial charge in [0.2, 0.25) is 0 Å². The van der Waals surface area contributed by atoms with Gasteiger partial charge in [-0.25, -0.2) is 0 Å². The molecule has 3 rings (SSSR count). The Bertz CT molecular complexity index is 771. The maximum absolute atomic E-state index is 12.6. The third-order valence-corrected chi connectivity index (χ3v) is 5.51. The second-order valence-electron chi connectivity index (χ2n) is 7.39. The van der Waals surface area contributed by atoms with E-state index in [9.17, 15) is 4.79 Å². The van der Waals surface area contributed by atoms with Crippen LogP contribution in [0.2, 0.25) is 0 Å². The van der Waals surface area contributed by atoms with Crippen LogP contribution in [0.5, 0.6) is 11.5 Å². The predicted molar refractivity (Wildman–Crippen MR) is 111 cm³/mol. The molecule has 1 N–H and O–H groups in total. The van der Waals surface area contributed by atoms with E-state index in [0.717, 1.165) is 32.4 Å². The number of piperidine rings is 1. The number of likely N-dealkylation sites (tertiary alicyclic amines) is 1. The van der Waals surface area contributed by atoms with E-state index in [0.29, 0.717) is 23.1 Å². The van der Waals surface area contributed by atoms with E-state index >= 15 is 0 Å². The quantitative estimate of drug-likeness (QED) is 0.796. The van der Waals surface area contributed by atoms with Gasteiger partial charge in [0.1, 0.15) is 0 Å². The minimum atomic E-state index is -0.0586. The zero-order valence-electron chi connectivity index (χ0n) is 17.0. The monoisotopic (exact) mass is 382 g/mol. The summed E-state index contributed by atoms with van der Waals surface area (Å²) in [5, 5.41) is 3.17. The molecule has 0 aromatic heterocycles. The van der Waals surface area contributed by atoms with E-state index in [1.165, 1.54) is 5.56 Å². The lowest BCUT2D eigenvalue weighted by Crippen LogP contribution is -2.47. The van der Waals surface area contributed by atoms with Crippen molar-refractivity contribution in [2.75, 3.05) is 27.3 Å². The van der Waals surface area contributed by atoms with Gasteiger partial charge < -0.3 is 19.7 Å². The molecule has 1 saturated heterocycles. The number of rotatable bonds is 7. The van der Waals surface area contributed by atoms with E-state index in [1.807, 2.05) is 0 Å². The van der Waals surface area contributed by atoms with Crippen molar-refractivity contribution in [2.45, 2.75) is 38.3 Å². The van der Waals surface area contributed by atoms with Crippen LogP contribution >= 0.6 is 0 Å². The summed E-state index contributed by atoms with van der Waals surface area (Å²) in [6.07, 6.45) is 3.00. The number of carbonyl (C=O) groups is 1. The summed E-state index contributed by atoms with van der Waals surface area (Å²) in [5.74, 6) is 1.14. The summed E-state index contributed by atoms with van der Waals surface area (Å²) >= 11 is 0. The average Bonchev–Trinajstić information content (AvgIpc) is 2.74. The molecular formula is C23H30N2O3. The molecule has 1 unspecified atom stereocenters. The summed E-state index contributed by atoms with van der Waals surface area (Å²) in [6.45, 7) is 4.30. The Balaban J connectivity index is 1.50. The van der Waals surface area contributed by atoms with Crippen molar-refractivity contribution in [3.63, 3.8) is 0 Å². The molecule has 0 saturated carbocycles. The minimum Gasteiger partial charge on any atom is -0.493 e. The highest BCUT2D eigenvalue weighted by molar-refractivity contribution is 5.95. The smallest absolute Gasteiger partial charge is 0.251 e. The fourth-order valence-corrected chi connectivity index (χ4v) is 3.82. The van der Waals surface area contributed by atoms with Crippen LogP contribution in [-0.4, -0.2) is 50.2 Å². The van der Waals surface area contributed by atoms with Gasteiger partial charge in [-0.05, 0) is 49.9 Å². The lowest BCUT2D eigenvalue weighted by molar-refractivity contribution is 0.0896. The second-order valence-corrected chi connectivity index (χ2v) is 7.39. The highest BCUT2D eigenvalue weighted by Crippen LogP contribution is 2.27. The minimum absolute atomic E-state index is 0.0586. The first kappa shape index (κ1) is 20.2. The normalized spacial score (nSPS) is 16.4. The number of ether oxygens (including phenoxy) is 2. The molecule has 1 atom stereocenters. The average molecular weight is 383 g/mol. The zero-order chi connectivity index (χ0) is 19.9. The Morgan fingerprint density at radius 3 is 2.39 bits per heavy atom. The molecule has 0 bridgehead atoms. The number of hydrogen-bond donors (Lipinski definition) is 1. The Hall–Kier alpha value is -2.53. The molecule has 1 heterocycles. The molecule has 5 nitrogen and oxygen atoms in total. The first-order valence-electron chi connectivity index (χ1n) is 9.91. The topological polar surface area (TPSA) is 50.8 Å². The van der Waals surface area contributed by atoms with Gasteiger partial charge in [0.25, 0.3) is 5.91 Å². The molecule has 0 radical (unpaired) electrons. The van der Waals surface area contributed by atoms with Crippen LogP contribution in [0.3, 0.4) is 0 Å². The molecule has 1 amide bonds. The Kier molecular flexibility index (Phi) is 6.93. The highest BCUT2D eigenvalue weighted by Gasteiger charge is 2.24. The van der Waals surface area contributed by atoms with Gasteiger partial charge >= 0.3 is 0 Å². The van der Waals surface area contributed by atoms with E-state index in [4.69, 9.17) is 9.47 Å². The van der Waals surface area contributed by atoms with Gasteiger partial charge in [-0.1, -0.05) is 30.3 Å². The van der Waals surface area contributed by atoms with Gasteiger partial charge in [-0.3, -0.25) is 4.79 Å². The van der Waals surface area contributed by atoms with Gasteiger partial charge in [0.15, 0.2) is 11.5 Å². The van der Waals surface area contributed by atoms with Crippen molar-refractivity contribution in [2.24, 2.45) is 0 Å². The molecule has 5 heteroatoms. The number of nitrogens with zero attached hydrogens (tertiary/aromatic N) is 1. The number of amides is 1. The van der Waals surface area contributed by atoms with Crippen LogP contribution in [0.15, 0.2) is 48.5 Å². The van der Waals surface area contributed by atoms with E-state index < -0.39 is 0 Å². The Labute approximate surface area is 167 Å². The summed E-state index contributed by atoms with van der Waals surface area (Å²) in [5.41, 5.74) is 1.97. The highest BCUT2D eigenvalue weighted by atomic mass is 16.5. The number of hydrogen-bond acceptors (Lipinski definition) is 4. The fourth-order valence-electron chi connectivity index (χ4n) is 3.82. The molecule has 1 aliphatic heterocycles. The fraction of sp³-hybridized carbons (Fsp3) is 0.435. The SMILES string of the molecule is COc1ccc(C(=O)NC2CCN(C(C)Cc3ccccc3)CC2)cc1OC. The Morgan fingerprint density at radius 1 is 1.07 bits per heavy atom. The third kappa shape index (κ3) is 5.04. The van der Waals surface area contributed by atoms with E-state index in [-0.39, 0.29) is 11.9 Å². The van der Waals surface area contributed by atoms with Gasteiger partial charge in [0, 0.05) is 30.7 Å². The lowest BCUT2D eigenvalue weighted by Gasteiger charge is -2.36. The van der Waals surface area contributed by atoms with Crippen LogP contribution in [0.1, 0.15) is 35.7 Å². The molecular weight excluding hydrogens is 352 g/mol. The molecule has 2 aromatic carbocycles. The van der Waals surface area contributed by atoms with Gasteiger partial charge in [-0.2, -0.15) is 0 Å². The summed E-state index contributed by atoms with van der Waals surface area (Å²) in [4.78, 5) is 15.1. The molecule has 28 heavy (non-hydrogen) atoms. The van der Waals surface area contributed by atoms with Crippen LogP contribution in [0, 0.1) is 0 Å². The Morgan fingerprint density at radius 2 is 1.75 bits per heavy atom.